The Morgan fingerprint density at radius 3 is 2.79 bits per heavy atom. The van der Waals surface area contributed by atoms with Crippen molar-refractivity contribution in [3.63, 3.8) is 0 Å². The van der Waals surface area contributed by atoms with Gasteiger partial charge in [0.25, 0.3) is 5.69 Å². The van der Waals surface area contributed by atoms with Crippen molar-refractivity contribution < 1.29 is 9.66 Å². The number of hydrogen-bond acceptors (Lipinski definition) is 6. The van der Waals surface area contributed by atoms with Crippen molar-refractivity contribution in [3.05, 3.63) is 22.2 Å². The van der Waals surface area contributed by atoms with E-state index in [-0.39, 0.29) is 11.2 Å². The van der Waals surface area contributed by atoms with Crippen LogP contribution in [0.3, 0.4) is 0 Å². The standard InChI is InChI=1S/C12H18N4O3/c1-12(4-3-5-19-8-12)15-11-7-9(16(17)18)6-10(13-2)14-11/h6-7H,3-5,8H2,1-2H3,(H2,13,14,15). The number of nitrogens with zero attached hydrogens (tertiary/aromatic N) is 2. The molecule has 2 rings (SSSR count). The van der Waals surface area contributed by atoms with Crippen LogP contribution in [0.5, 0.6) is 0 Å². The van der Waals surface area contributed by atoms with Crippen molar-refractivity contribution in [2.45, 2.75) is 25.3 Å². The quantitative estimate of drug-likeness (QED) is 0.640. The van der Waals surface area contributed by atoms with Gasteiger partial charge in [-0.25, -0.2) is 4.98 Å². The van der Waals surface area contributed by atoms with E-state index in [1.165, 1.54) is 12.1 Å². The maximum Gasteiger partial charge on any atom is 0.276 e. The van der Waals surface area contributed by atoms with Gasteiger partial charge in [0.05, 0.1) is 29.2 Å². The normalized spacial score (nSPS) is 22.8. The number of pyridine rings is 1. The molecule has 19 heavy (non-hydrogen) atoms. The molecule has 1 unspecified atom stereocenters. The smallest absolute Gasteiger partial charge is 0.276 e. The highest BCUT2D eigenvalue weighted by molar-refractivity contribution is 5.55. The lowest BCUT2D eigenvalue weighted by Crippen LogP contribution is -2.43. The number of aromatic nitrogens is 1. The summed E-state index contributed by atoms with van der Waals surface area (Å²) >= 11 is 0. The van der Waals surface area contributed by atoms with Crippen molar-refractivity contribution in [3.8, 4) is 0 Å². The summed E-state index contributed by atoms with van der Waals surface area (Å²) in [4.78, 5) is 14.8. The second-order valence-electron chi connectivity index (χ2n) is 4.94. The van der Waals surface area contributed by atoms with Crippen molar-refractivity contribution in [2.24, 2.45) is 0 Å². The first-order valence-electron chi connectivity index (χ1n) is 6.23. The Bertz CT molecular complexity index is 472. The van der Waals surface area contributed by atoms with Crippen molar-refractivity contribution in [1.82, 2.24) is 4.98 Å². The van der Waals surface area contributed by atoms with Gasteiger partial charge in [0.1, 0.15) is 11.6 Å². The van der Waals surface area contributed by atoms with Gasteiger partial charge in [-0.1, -0.05) is 0 Å². The van der Waals surface area contributed by atoms with E-state index in [2.05, 4.69) is 15.6 Å². The SMILES string of the molecule is CNc1cc([N+](=O)[O-])cc(NC2(C)CCCOC2)n1. The first-order valence-corrected chi connectivity index (χ1v) is 6.23. The summed E-state index contributed by atoms with van der Waals surface area (Å²) in [5.41, 5.74) is -0.215. The molecular formula is C12H18N4O3. The molecule has 7 heteroatoms. The molecule has 2 heterocycles. The van der Waals surface area contributed by atoms with Crippen molar-refractivity contribution >= 4 is 17.3 Å². The van der Waals surface area contributed by atoms with E-state index >= 15 is 0 Å². The van der Waals surface area contributed by atoms with Crippen LogP contribution in [0.2, 0.25) is 0 Å². The van der Waals surface area contributed by atoms with Crippen LogP contribution in [0.15, 0.2) is 12.1 Å². The molecule has 0 radical (unpaired) electrons. The minimum atomic E-state index is -0.423. The Morgan fingerprint density at radius 1 is 1.47 bits per heavy atom. The van der Waals surface area contributed by atoms with Gasteiger partial charge < -0.3 is 15.4 Å². The third-order valence-electron chi connectivity index (χ3n) is 3.14. The zero-order chi connectivity index (χ0) is 13.9. The predicted octanol–water partition coefficient (Wildman–Crippen LogP) is 2.01. The minimum Gasteiger partial charge on any atom is -0.379 e. The third-order valence-corrected chi connectivity index (χ3v) is 3.14. The number of hydrogen-bond donors (Lipinski definition) is 2. The molecule has 1 aromatic heterocycles. The maximum atomic E-state index is 10.9. The van der Waals surface area contributed by atoms with Crippen LogP contribution in [0.1, 0.15) is 19.8 Å². The van der Waals surface area contributed by atoms with Gasteiger partial charge in [0.2, 0.25) is 0 Å². The minimum absolute atomic E-state index is 0.0159. The fourth-order valence-corrected chi connectivity index (χ4v) is 2.16. The van der Waals surface area contributed by atoms with E-state index in [0.717, 1.165) is 19.4 Å². The van der Waals surface area contributed by atoms with Crippen LogP contribution in [0, 0.1) is 10.1 Å². The van der Waals surface area contributed by atoms with Gasteiger partial charge in [0, 0.05) is 13.7 Å². The Balaban J connectivity index is 2.23. The molecule has 0 aromatic carbocycles. The topological polar surface area (TPSA) is 89.3 Å². The van der Waals surface area contributed by atoms with E-state index in [9.17, 15) is 10.1 Å². The van der Waals surface area contributed by atoms with Gasteiger partial charge in [-0.15, -0.1) is 0 Å². The molecule has 1 saturated heterocycles. The van der Waals surface area contributed by atoms with Gasteiger partial charge in [-0.3, -0.25) is 10.1 Å². The molecule has 0 bridgehead atoms. The Hall–Kier alpha value is -1.89. The summed E-state index contributed by atoms with van der Waals surface area (Å²) < 4.78 is 5.45. The van der Waals surface area contributed by atoms with Crippen LogP contribution in [0.25, 0.3) is 0 Å². The molecule has 0 saturated carbocycles. The third kappa shape index (κ3) is 3.31. The Morgan fingerprint density at radius 2 is 2.21 bits per heavy atom. The fraction of sp³-hybridized carbons (Fsp3) is 0.583. The zero-order valence-corrected chi connectivity index (χ0v) is 11.1. The van der Waals surface area contributed by atoms with E-state index in [1.807, 2.05) is 6.92 Å². The highest BCUT2D eigenvalue weighted by Gasteiger charge is 2.28. The summed E-state index contributed by atoms with van der Waals surface area (Å²) in [6.07, 6.45) is 1.92. The molecule has 1 aliphatic heterocycles. The fourth-order valence-electron chi connectivity index (χ4n) is 2.16. The molecule has 0 aliphatic carbocycles. The van der Waals surface area contributed by atoms with Crippen LogP contribution >= 0.6 is 0 Å². The van der Waals surface area contributed by atoms with Gasteiger partial charge >= 0.3 is 0 Å². The van der Waals surface area contributed by atoms with E-state index in [1.54, 1.807) is 7.05 Å². The summed E-state index contributed by atoms with van der Waals surface area (Å²) in [7, 11) is 1.68. The number of anilines is 2. The lowest BCUT2D eigenvalue weighted by atomic mass is 9.95. The largest absolute Gasteiger partial charge is 0.379 e. The van der Waals surface area contributed by atoms with Crippen LogP contribution < -0.4 is 10.6 Å². The highest BCUT2D eigenvalue weighted by atomic mass is 16.6. The van der Waals surface area contributed by atoms with Crippen molar-refractivity contribution in [1.29, 1.82) is 0 Å². The lowest BCUT2D eigenvalue weighted by Gasteiger charge is -2.34. The molecular weight excluding hydrogens is 248 g/mol. The number of rotatable bonds is 4. The molecule has 1 aliphatic rings. The zero-order valence-electron chi connectivity index (χ0n) is 11.1. The molecule has 1 aromatic rings. The summed E-state index contributed by atoms with van der Waals surface area (Å²) in [6.45, 7) is 3.37. The Kier molecular flexibility index (Phi) is 3.84. The Labute approximate surface area is 111 Å². The van der Waals surface area contributed by atoms with Crippen molar-refractivity contribution in [2.75, 3.05) is 30.9 Å². The summed E-state index contributed by atoms with van der Waals surface area (Å²) in [5, 5.41) is 17.0. The summed E-state index contributed by atoms with van der Waals surface area (Å²) in [6, 6.07) is 2.85. The van der Waals surface area contributed by atoms with Gasteiger partial charge in [-0.2, -0.15) is 0 Å². The molecule has 0 spiro atoms. The molecule has 0 amide bonds. The van der Waals surface area contributed by atoms with E-state index in [4.69, 9.17) is 4.74 Å². The molecule has 7 nitrogen and oxygen atoms in total. The van der Waals surface area contributed by atoms with Crippen LogP contribution in [-0.4, -0.2) is 35.7 Å². The van der Waals surface area contributed by atoms with E-state index < -0.39 is 4.92 Å². The second kappa shape index (κ2) is 5.40. The average molecular weight is 266 g/mol. The van der Waals surface area contributed by atoms with Gasteiger partial charge in [-0.05, 0) is 19.8 Å². The van der Waals surface area contributed by atoms with Gasteiger partial charge in [0.15, 0.2) is 0 Å². The average Bonchev–Trinajstić information content (AvgIpc) is 2.38. The second-order valence-corrected chi connectivity index (χ2v) is 4.94. The number of ether oxygens (including phenoxy) is 1. The molecule has 2 N–H and O–H groups in total. The first kappa shape index (κ1) is 13.5. The maximum absolute atomic E-state index is 10.9. The lowest BCUT2D eigenvalue weighted by molar-refractivity contribution is -0.384. The monoisotopic (exact) mass is 266 g/mol. The van der Waals surface area contributed by atoms with E-state index in [0.29, 0.717) is 18.2 Å². The first-order chi connectivity index (χ1) is 9.02. The summed E-state index contributed by atoms with van der Waals surface area (Å²) in [5.74, 6) is 0.962. The predicted molar refractivity (Wildman–Crippen MR) is 72.5 cm³/mol. The number of nitrogens with one attached hydrogen (secondary N) is 2. The molecule has 104 valence electrons. The number of nitro groups is 1. The van der Waals surface area contributed by atoms with Crippen LogP contribution in [0.4, 0.5) is 17.3 Å². The van der Waals surface area contributed by atoms with Crippen LogP contribution in [-0.2, 0) is 4.74 Å². The molecule has 1 atom stereocenters. The highest BCUT2D eigenvalue weighted by Crippen LogP contribution is 2.26. The molecule has 1 fully saturated rings.